The molecule has 3 heterocycles. The average Bonchev–Trinajstić information content (AvgIpc) is 2.49. The van der Waals surface area contributed by atoms with E-state index in [1.54, 1.807) is 6.20 Å². The number of hydrogen-bond donors (Lipinski definition) is 1. The number of nitrogens with two attached hydrogens (primary N) is 1. The number of morpholine rings is 2. The van der Waals surface area contributed by atoms with E-state index < -0.39 is 0 Å². The molecule has 104 valence electrons. The van der Waals surface area contributed by atoms with E-state index in [1.807, 2.05) is 6.07 Å². The Kier molecular flexibility index (Phi) is 3.70. The highest BCUT2D eigenvalue weighted by Gasteiger charge is 2.21. The Labute approximate surface area is 113 Å². The van der Waals surface area contributed by atoms with E-state index >= 15 is 0 Å². The highest BCUT2D eigenvalue weighted by atomic mass is 16.5. The van der Waals surface area contributed by atoms with Crippen molar-refractivity contribution in [3.8, 4) is 0 Å². The van der Waals surface area contributed by atoms with Crippen LogP contribution in [0.25, 0.3) is 0 Å². The average molecular weight is 264 g/mol. The molecule has 0 radical (unpaired) electrons. The number of pyridine rings is 1. The summed E-state index contributed by atoms with van der Waals surface area (Å²) in [6.07, 6.45) is 1.73. The monoisotopic (exact) mass is 264 g/mol. The number of hydrogen-bond acceptors (Lipinski definition) is 6. The van der Waals surface area contributed by atoms with Crippen LogP contribution in [0.3, 0.4) is 0 Å². The summed E-state index contributed by atoms with van der Waals surface area (Å²) in [5.74, 6) is 1.01. The van der Waals surface area contributed by atoms with Crippen LogP contribution in [0.5, 0.6) is 0 Å². The molecule has 2 saturated heterocycles. The predicted octanol–water partition coefficient (Wildman–Crippen LogP) is 0.337. The second kappa shape index (κ2) is 5.63. The summed E-state index contributed by atoms with van der Waals surface area (Å²) < 4.78 is 10.8. The largest absolute Gasteiger partial charge is 0.397 e. The SMILES string of the molecule is Nc1cnc(N2CCOCC2)c(N2CCOCC2)c1. The van der Waals surface area contributed by atoms with Crippen molar-refractivity contribution in [2.45, 2.75) is 0 Å². The third kappa shape index (κ3) is 2.74. The summed E-state index contributed by atoms with van der Waals surface area (Å²) in [7, 11) is 0. The Morgan fingerprint density at radius 3 is 2.16 bits per heavy atom. The van der Waals surface area contributed by atoms with E-state index in [0.29, 0.717) is 5.69 Å². The van der Waals surface area contributed by atoms with Crippen molar-refractivity contribution in [1.82, 2.24) is 4.98 Å². The summed E-state index contributed by atoms with van der Waals surface area (Å²) >= 11 is 0. The van der Waals surface area contributed by atoms with Crippen molar-refractivity contribution >= 4 is 17.2 Å². The van der Waals surface area contributed by atoms with Gasteiger partial charge in [0.25, 0.3) is 0 Å². The normalized spacial score (nSPS) is 20.6. The van der Waals surface area contributed by atoms with E-state index in [0.717, 1.165) is 64.1 Å². The zero-order valence-corrected chi connectivity index (χ0v) is 11.0. The van der Waals surface area contributed by atoms with Gasteiger partial charge in [0.05, 0.1) is 44.0 Å². The smallest absolute Gasteiger partial charge is 0.152 e. The second-order valence-electron chi connectivity index (χ2n) is 4.81. The van der Waals surface area contributed by atoms with Crippen LogP contribution in [0.2, 0.25) is 0 Å². The zero-order chi connectivity index (χ0) is 13.1. The van der Waals surface area contributed by atoms with Crippen molar-refractivity contribution in [1.29, 1.82) is 0 Å². The topological polar surface area (TPSA) is 63.8 Å². The minimum atomic E-state index is 0.707. The van der Waals surface area contributed by atoms with E-state index in [9.17, 15) is 0 Å². The Morgan fingerprint density at radius 1 is 0.947 bits per heavy atom. The molecule has 19 heavy (non-hydrogen) atoms. The highest BCUT2D eigenvalue weighted by molar-refractivity contribution is 5.71. The maximum atomic E-state index is 5.90. The quantitative estimate of drug-likeness (QED) is 0.831. The first-order valence-electron chi connectivity index (χ1n) is 6.75. The Balaban J connectivity index is 1.88. The van der Waals surface area contributed by atoms with Gasteiger partial charge in [-0.25, -0.2) is 4.98 Å². The Hall–Kier alpha value is -1.53. The fraction of sp³-hybridized carbons (Fsp3) is 0.615. The predicted molar refractivity (Wildman–Crippen MR) is 74.7 cm³/mol. The maximum Gasteiger partial charge on any atom is 0.152 e. The molecule has 0 bridgehead atoms. The van der Waals surface area contributed by atoms with E-state index in [1.165, 1.54) is 0 Å². The molecule has 2 aliphatic rings. The van der Waals surface area contributed by atoms with Gasteiger partial charge >= 0.3 is 0 Å². The molecule has 2 N–H and O–H groups in total. The van der Waals surface area contributed by atoms with Crippen LogP contribution in [0.1, 0.15) is 0 Å². The number of ether oxygens (including phenoxy) is 2. The number of anilines is 3. The summed E-state index contributed by atoms with van der Waals surface area (Å²) in [6.45, 7) is 6.59. The standard InChI is InChI=1S/C13H20N4O2/c14-11-9-12(16-1-5-18-6-2-16)13(15-10-11)17-3-7-19-8-4-17/h9-10H,1-8,14H2. The fourth-order valence-corrected chi connectivity index (χ4v) is 2.52. The Bertz CT molecular complexity index is 429. The molecule has 2 aliphatic heterocycles. The van der Waals surface area contributed by atoms with Crippen LogP contribution < -0.4 is 15.5 Å². The Morgan fingerprint density at radius 2 is 1.53 bits per heavy atom. The summed E-state index contributed by atoms with van der Waals surface area (Å²) in [5.41, 5.74) is 7.72. The maximum absolute atomic E-state index is 5.90. The van der Waals surface area contributed by atoms with Crippen LogP contribution in [-0.4, -0.2) is 57.6 Å². The molecule has 0 spiro atoms. The first-order valence-corrected chi connectivity index (χ1v) is 6.75. The minimum absolute atomic E-state index is 0.707. The molecule has 0 amide bonds. The first kappa shape index (κ1) is 12.5. The molecule has 1 aromatic rings. The van der Waals surface area contributed by atoms with Gasteiger partial charge in [0.15, 0.2) is 5.82 Å². The van der Waals surface area contributed by atoms with Crippen molar-refractivity contribution < 1.29 is 9.47 Å². The number of nitrogens with zero attached hydrogens (tertiary/aromatic N) is 3. The molecule has 0 aliphatic carbocycles. The number of rotatable bonds is 2. The van der Waals surface area contributed by atoms with Gasteiger partial charge in [0.1, 0.15) is 0 Å². The van der Waals surface area contributed by atoms with E-state index in [2.05, 4.69) is 14.8 Å². The third-order valence-corrected chi connectivity index (χ3v) is 3.53. The van der Waals surface area contributed by atoms with Crippen molar-refractivity contribution in [3.63, 3.8) is 0 Å². The van der Waals surface area contributed by atoms with Crippen LogP contribution in [0, 0.1) is 0 Å². The van der Waals surface area contributed by atoms with Gasteiger partial charge in [-0.15, -0.1) is 0 Å². The molecule has 0 saturated carbocycles. The van der Waals surface area contributed by atoms with Crippen LogP contribution in [-0.2, 0) is 9.47 Å². The molecule has 0 unspecified atom stereocenters. The highest BCUT2D eigenvalue weighted by Crippen LogP contribution is 2.30. The lowest BCUT2D eigenvalue weighted by Crippen LogP contribution is -2.40. The number of nitrogen functional groups attached to an aromatic ring is 1. The van der Waals surface area contributed by atoms with Crippen LogP contribution >= 0.6 is 0 Å². The van der Waals surface area contributed by atoms with Gasteiger partial charge in [-0.2, -0.15) is 0 Å². The van der Waals surface area contributed by atoms with Crippen molar-refractivity contribution in [2.75, 3.05) is 68.1 Å². The molecular formula is C13H20N4O2. The van der Waals surface area contributed by atoms with Gasteiger partial charge in [-0.1, -0.05) is 0 Å². The summed E-state index contributed by atoms with van der Waals surface area (Å²) in [5, 5.41) is 0. The van der Waals surface area contributed by atoms with Gasteiger partial charge in [-0.3, -0.25) is 0 Å². The molecule has 2 fully saturated rings. The zero-order valence-electron chi connectivity index (χ0n) is 11.0. The lowest BCUT2D eigenvalue weighted by atomic mass is 10.2. The van der Waals surface area contributed by atoms with Crippen molar-refractivity contribution in [3.05, 3.63) is 12.3 Å². The van der Waals surface area contributed by atoms with Gasteiger partial charge in [0, 0.05) is 26.2 Å². The van der Waals surface area contributed by atoms with Crippen LogP contribution in [0.15, 0.2) is 12.3 Å². The molecule has 1 aromatic heterocycles. The number of aromatic nitrogens is 1. The lowest BCUT2D eigenvalue weighted by molar-refractivity contribution is 0.120. The lowest BCUT2D eigenvalue weighted by Gasteiger charge is -2.35. The molecular weight excluding hydrogens is 244 g/mol. The summed E-state index contributed by atoms with van der Waals surface area (Å²) in [4.78, 5) is 9.11. The molecule has 3 rings (SSSR count). The van der Waals surface area contributed by atoms with Gasteiger partial charge in [-0.05, 0) is 6.07 Å². The second-order valence-corrected chi connectivity index (χ2v) is 4.81. The van der Waals surface area contributed by atoms with Crippen molar-refractivity contribution in [2.24, 2.45) is 0 Å². The summed E-state index contributed by atoms with van der Waals surface area (Å²) in [6, 6.07) is 2.02. The van der Waals surface area contributed by atoms with E-state index in [4.69, 9.17) is 15.2 Å². The molecule has 6 nitrogen and oxygen atoms in total. The first-order chi connectivity index (χ1) is 9.34. The van der Waals surface area contributed by atoms with Gasteiger partial charge in [0.2, 0.25) is 0 Å². The molecule has 6 heteroatoms. The van der Waals surface area contributed by atoms with E-state index in [-0.39, 0.29) is 0 Å². The van der Waals surface area contributed by atoms with Crippen LogP contribution in [0.4, 0.5) is 17.2 Å². The fourth-order valence-electron chi connectivity index (χ4n) is 2.52. The van der Waals surface area contributed by atoms with Gasteiger partial charge < -0.3 is 25.0 Å². The molecule has 0 atom stereocenters. The third-order valence-electron chi connectivity index (χ3n) is 3.53. The minimum Gasteiger partial charge on any atom is -0.397 e. The molecule has 0 aromatic carbocycles.